The van der Waals surface area contributed by atoms with Gasteiger partial charge in [-0.15, -0.1) is 0 Å². The number of carbonyl (C=O) groups excluding carboxylic acids is 1. The van der Waals surface area contributed by atoms with E-state index in [9.17, 15) is 22.4 Å². The number of alkyl halides is 3. The Labute approximate surface area is 246 Å². The van der Waals surface area contributed by atoms with Crippen LogP contribution in [0, 0.1) is 5.82 Å². The second-order valence-electron chi connectivity index (χ2n) is 11.0. The Morgan fingerprint density at radius 1 is 1.16 bits per heavy atom. The molecule has 0 unspecified atom stereocenters. The molecule has 0 radical (unpaired) electrons. The third-order valence-corrected chi connectivity index (χ3v) is 7.65. The van der Waals surface area contributed by atoms with Gasteiger partial charge in [0, 0.05) is 41.2 Å². The molecule has 1 aliphatic heterocycles. The predicted octanol–water partition coefficient (Wildman–Crippen LogP) is 4.75. The van der Waals surface area contributed by atoms with E-state index in [4.69, 9.17) is 19.3 Å². The van der Waals surface area contributed by atoms with Gasteiger partial charge >= 0.3 is 6.18 Å². The van der Waals surface area contributed by atoms with Crippen molar-refractivity contribution in [3.63, 3.8) is 0 Å². The number of nitrogens with zero attached hydrogens (tertiary/aromatic N) is 1. The normalized spacial score (nSPS) is 18.5. The molecule has 230 valence electrons. The SMILES string of the molecule is COc1cc(C(=O)NC[C@H](c2cc3c(c(-c4ccc(F)cc4)n2)OC[C@]3(C)CNC2CC2)C(F)(F)F)ccc1OCCO. The number of halogens is 4. The van der Waals surface area contributed by atoms with Crippen molar-refractivity contribution in [2.45, 2.75) is 43.3 Å². The fourth-order valence-electron chi connectivity index (χ4n) is 5.01. The lowest BCUT2D eigenvalue weighted by Gasteiger charge is -2.26. The average Bonchev–Trinajstić information content (AvgIpc) is 3.76. The van der Waals surface area contributed by atoms with Gasteiger partial charge in [0.1, 0.15) is 29.8 Å². The third kappa shape index (κ3) is 6.86. The highest BCUT2D eigenvalue weighted by atomic mass is 19.4. The lowest BCUT2D eigenvalue weighted by Crippen LogP contribution is -2.38. The average molecular weight is 604 g/mol. The van der Waals surface area contributed by atoms with Crippen LogP contribution in [0.25, 0.3) is 11.3 Å². The second-order valence-corrected chi connectivity index (χ2v) is 11.0. The summed E-state index contributed by atoms with van der Waals surface area (Å²) in [4.78, 5) is 17.4. The smallest absolute Gasteiger partial charge is 0.398 e. The Kier molecular flexibility index (Phi) is 8.79. The molecule has 1 fully saturated rings. The number of pyridine rings is 1. The van der Waals surface area contributed by atoms with E-state index in [1.807, 2.05) is 6.92 Å². The highest BCUT2D eigenvalue weighted by Crippen LogP contribution is 2.46. The van der Waals surface area contributed by atoms with Crippen molar-refractivity contribution in [3.8, 4) is 28.5 Å². The zero-order chi connectivity index (χ0) is 30.8. The van der Waals surface area contributed by atoms with Gasteiger partial charge in [-0.05, 0) is 61.4 Å². The number of hydrogen-bond donors (Lipinski definition) is 3. The van der Waals surface area contributed by atoms with Gasteiger partial charge in [0.2, 0.25) is 0 Å². The number of benzene rings is 2. The molecule has 12 heteroatoms. The van der Waals surface area contributed by atoms with Crippen molar-refractivity contribution >= 4 is 5.91 Å². The van der Waals surface area contributed by atoms with Crippen molar-refractivity contribution in [2.75, 3.05) is 40.0 Å². The number of methoxy groups -OCH3 is 1. The Hall–Kier alpha value is -3.90. The predicted molar refractivity (Wildman–Crippen MR) is 150 cm³/mol. The van der Waals surface area contributed by atoms with Crippen molar-refractivity contribution < 1.29 is 41.7 Å². The third-order valence-electron chi connectivity index (χ3n) is 7.65. The Morgan fingerprint density at radius 3 is 2.56 bits per heavy atom. The molecule has 0 bridgehead atoms. The maximum absolute atomic E-state index is 14.6. The molecule has 1 amide bonds. The first kappa shape index (κ1) is 30.6. The van der Waals surface area contributed by atoms with Gasteiger partial charge in [-0.3, -0.25) is 4.79 Å². The number of carbonyl (C=O) groups is 1. The number of nitrogens with one attached hydrogen (secondary N) is 2. The monoisotopic (exact) mass is 603 g/mol. The van der Waals surface area contributed by atoms with Crippen LogP contribution in [0.3, 0.4) is 0 Å². The molecule has 2 atom stereocenters. The summed E-state index contributed by atoms with van der Waals surface area (Å²) in [6.45, 7) is 1.67. The van der Waals surface area contributed by atoms with Gasteiger partial charge in [-0.2, -0.15) is 13.2 Å². The van der Waals surface area contributed by atoms with E-state index in [2.05, 4.69) is 15.6 Å². The van der Waals surface area contributed by atoms with Crippen molar-refractivity contribution in [1.82, 2.24) is 15.6 Å². The maximum atomic E-state index is 14.6. The molecule has 0 saturated heterocycles. The molecule has 2 heterocycles. The van der Waals surface area contributed by atoms with E-state index in [-0.39, 0.29) is 48.3 Å². The van der Waals surface area contributed by atoms with E-state index >= 15 is 0 Å². The van der Waals surface area contributed by atoms with Crippen LogP contribution in [0.1, 0.15) is 47.3 Å². The maximum Gasteiger partial charge on any atom is 0.398 e. The zero-order valence-corrected chi connectivity index (χ0v) is 23.8. The van der Waals surface area contributed by atoms with E-state index in [0.29, 0.717) is 29.5 Å². The van der Waals surface area contributed by atoms with Crippen LogP contribution in [0.15, 0.2) is 48.5 Å². The highest BCUT2D eigenvalue weighted by molar-refractivity contribution is 5.95. The molecule has 0 spiro atoms. The fraction of sp³-hybridized carbons (Fsp3) is 0.419. The summed E-state index contributed by atoms with van der Waals surface area (Å²) in [5, 5.41) is 14.8. The highest BCUT2D eigenvalue weighted by Gasteiger charge is 2.45. The summed E-state index contributed by atoms with van der Waals surface area (Å²) in [6, 6.07) is 11.3. The minimum Gasteiger partial charge on any atom is -0.493 e. The Morgan fingerprint density at radius 2 is 1.91 bits per heavy atom. The summed E-state index contributed by atoms with van der Waals surface area (Å²) >= 11 is 0. The number of aliphatic hydroxyl groups is 1. The molecule has 2 aromatic carbocycles. The summed E-state index contributed by atoms with van der Waals surface area (Å²) < 4.78 is 74.1. The molecule has 1 aromatic heterocycles. The number of aliphatic hydroxyl groups excluding tert-OH is 1. The Bertz CT molecular complexity index is 1460. The summed E-state index contributed by atoms with van der Waals surface area (Å²) in [7, 11) is 1.36. The molecule has 3 N–H and O–H groups in total. The van der Waals surface area contributed by atoms with Crippen LogP contribution in [0.5, 0.6) is 17.2 Å². The van der Waals surface area contributed by atoms with Crippen molar-refractivity contribution in [2.24, 2.45) is 0 Å². The van der Waals surface area contributed by atoms with Gasteiger partial charge in [-0.1, -0.05) is 6.92 Å². The number of fused-ring (bicyclic) bond motifs is 1. The quantitative estimate of drug-likeness (QED) is 0.257. The number of amides is 1. The van der Waals surface area contributed by atoms with Crippen LogP contribution in [0.2, 0.25) is 0 Å². The number of aromatic nitrogens is 1. The molecule has 5 rings (SSSR count). The van der Waals surface area contributed by atoms with Crippen LogP contribution in [-0.2, 0) is 5.41 Å². The molecule has 1 aliphatic carbocycles. The van der Waals surface area contributed by atoms with Gasteiger partial charge in [0.05, 0.1) is 26.0 Å². The van der Waals surface area contributed by atoms with E-state index in [1.54, 1.807) is 0 Å². The topological polar surface area (TPSA) is 102 Å². The van der Waals surface area contributed by atoms with Crippen LogP contribution >= 0.6 is 0 Å². The van der Waals surface area contributed by atoms with Crippen LogP contribution < -0.4 is 24.8 Å². The Balaban J connectivity index is 1.47. The lowest BCUT2D eigenvalue weighted by atomic mass is 9.82. The first-order valence-corrected chi connectivity index (χ1v) is 14.0. The number of rotatable bonds is 12. The van der Waals surface area contributed by atoms with Gasteiger partial charge in [-0.25, -0.2) is 9.37 Å². The standard InChI is InChI=1S/C31H33F4N3O5/c1-30(16-37-21-8-9-21)17-43-28-22(30)14-24(38-27(28)18-3-6-20(32)7-4-18)23(31(33,34)35)15-36-29(40)19-5-10-25(42-12-11-39)26(13-19)41-2/h3-7,10,13-14,21,23,37,39H,8-9,11-12,15-17H2,1-2H3,(H,36,40)/t23-,30+/m1/s1. The zero-order valence-electron chi connectivity index (χ0n) is 23.8. The van der Waals surface area contributed by atoms with Gasteiger partial charge in [0.15, 0.2) is 11.5 Å². The summed E-state index contributed by atoms with van der Waals surface area (Å²) in [5.41, 5.74) is 0.342. The summed E-state index contributed by atoms with van der Waals surface area (Å²) in [6.07, 6.45) is -2.66. The number of hydrogen-bond acceptors (Lipinski definition) is 7. The first-order chi connectivity index (χ1) is 20.5. The second kappa shape index (κ2) is 12.4. The molecule has 2 aliphatic rings. The van der Waals surface area contributed by atoms with Crippen molar-refractivity contribution in [1.29, 1.82) is 0 Å². The first-order valence-electron chi connectivity index (χ1n) is 14.0. The van der Waals surface area contributed by atoms with Gasteiger partial charge < -0.3 is 30.0 Å². The van der Waals surface area contributed by atoms with Crippen LogP contribution in [0.4, 0.5) is 17.6 Å². The molecular formula is C31H33F4N3O5. The van der Waals surface area contributed by atoms with Crippen molar-refractivity contribution in [3.05, 3.63) is 71.2 Å². The van der Waals surface area contributed by atoms with Gasteiger partial charge in [0.25, 0.3) is 5.91 Å². The van der Waals surface area contributed by atoms with E-state index in [1.165, 1.54) is 55.6 Å². The minimum absolute atomic E-state index is 0.00355. The molecule has 1 saturated carbocycles. The number of ether oxygens (including phenoxy) is 3. The van der Waals surface area contributed by atoms with Crippen LogP contribution in [-0.4, -0.2) is 68.2 Å². The summed E-state index contributed by atoms with van der Waals surface area (Å²) in [5.74, 6) is -2.54. The lowest BCUT2D eigenvalue weighted by molar-refractivity contribution is -0.149. The molecular weight excluding hydrogens is 570 g/mol. The minimum atomic E-state index is -4.75. The molecule has 8 nitrogen and oxygen atoms in total. The molecule has 3 aromatic rings. The molecule has 43 heavy (non-hydrogen) atoms. The van der Waals surface area contributed by atoms with E-state index < -0.39 is 35.8 Å². The van der Waals surface area contributed by atoms with E-state index in [0.717, 1.165) is 12.8 Å². The largest absolute Gasteiger partial charge is 0.493 e. The fourth-order valence-corrected chi connectivity index (χ4v) is 5.01.